The van der Waals surface area contributed by atoms with Crippen LogP contribution in [-0.2, 0) is 6.61 Å². The number of benzene rings is 1. The van der Waals surface area contributed by atoms with Crippen LogP contribution >= 0.6 is 0 Å². The summed E-state index contributed by atoms with van der Waals surface area (Å²) < 4.78 is 0. The summed E-state index contributed by atoms with van der Waals surface area (Å²) in [5.74, 6) is 0.0888. The van der Waals surface area contributed by atoms with Crippen LogP contribution in [0.1, 0.15) is 18.9 Å². The van der Waals surface area contributed by atoms with E-state index in [0.717, 1.165) is 0 Å². The second-order valence-electron chi connectivity index (χ2n) is 5.02. The highest BCUT2D eigenvalue weighted by molar-refractivity contribution is 5.64. The summed E-state index contributed by atoms with van der Waals surface area (Å²) in [5.41, 5.74) is 1.09. The molecular weight excluding hydrogens is 248 g/mol. The fourth-order valence-corrected chi connectivity index (χ4v) is 2.43. The molecule has 1 aliphatic rings. The van der Waals surface area contributed by atoms with Crippen molar-refractivity contribution in [2.24, 2.45) is 5.92 Å². The number of hydrogen-bond acceptors (Lipinski definition) is 5. The summed E-state index contributed by atoms with van der Waals surface area (Å²) in [6, 6.07) is 4.77. The molecule has 1 fully saturated rings. The van der Waals surface area contributed by atoms with Gasteiger partial charge in [-0.2, -0.15) is 0 Å². The number of nitro benzene ring substituents is 1. The SMILES string of the molecule is CC1CN(c2ccc(CO)cc2[N+](=O)[O-])CCC1O. The van der Waals surface area contributed by atoms with Gasteiger partial charge >= 0.3 is 0 Å². The van der Waals surface area contributed by atoms with Gasteiger partial charge in [0.1, 0.15) is 5.69 Å². The molecule has 2 rings (SSSR count). The van der Waals surface area contributed by atoms with E-state index in [1.54, 1.807) is 12.1 Å². The lowest BCUT2D eigenvalue weighted by molar-refractivity contribution is -0.384. The highest BCUT2D eigenvalue weighted by atomic mass is 16.6. The van der Waals surface area contributed by atoms with Crippen LogP contribution in [-0.4, -0.2) is 34.3 Å². The number of piperidine rings is 1. The topological polar surface area (TPSA) is 86.8 Å². The lowest BCUT2D eigenvalue weighted by Crippen LogP contribution is -2.42. The molecule has 2 unspecified atom stereocenters. The zero-order valence-electron chi connectivity index (χ0n) is 10.8. The molecule has 2 N–H and O–H groups in total. The first-order valence-corrected chi connectivity index (χ1v) is 6.34. The van der Waals surface area contributed by atoms with Crippen molar-refractivity contribution in [2.45, 2.75) is 26.1 Å². The molecule has 0 bridgehead atoms. The van der Waals surface area contributed by atoms with Crippen LogP contribution in [0.25, 0.3) is 0 Å². The van der Waals surface area contributed by atoms with E-state index in [9.17, 15) is 15.2 Å². The Labute approximate surface area is 111 Å². The molecule has 2 atom stereocenters. The Morgan fingerprint density at radius 2 is 2.26 bits per heavy atom. The van der Waals surface area contributed by atoms with Crippen LogP contribution in [0, 0.1) is 16.0 Å². The molecule has 0 radical (unpaired) electrons. The van der Waals surface area contributed by atoms with Gasteiger partial charge in [-0.1, -0.05) is 13.0 Å². The predicted molar refractivity (Wildman–Crippen MR) is 71.0 cm³/mol. The maximum absolute atomic E-state index is 11.1. The molecule has 1 aromatic rings. The predicted octanol–water partition coefficient (Wildman–Crippen LogP) is 1.29. The summed E-state index contributed by atoms with van der Waals surface area (Å²) in [6.45, 7) is 2.92. The molecule has 0 amide bonds. The zero-order chi connectivity index (χ0) is 14.0. The summed E-state index contributed by atoms with van der Waals surface area (Å²) >= 11 is 0. The van der Waals surface area contributed by atoms with Crippen molar-refractivity contribution in [3.8, 4) is 0 Å². The first-order chi connectivity index (χ1) is 9.02. The number of aliphatic hydroxyl groups excluding tert-OH is 2. The minimum Gasteiger partial charge on any atom is -0.393 e. The number of hydrogen-bond donors (Lipinski definition) is 2. The normalized spacial score (nSPS) is 23.4. The Balaban J connectivity index is 2.31. The molecular formula is C13H18N2O4. The minimum absolute atomic E-state index is 0.00939. The van der Waals surface area contributed by atoms with Gasteiger partial charge in [0, 0.05) is 19.2 Å². The molecule has 1 saturated heterocycles. The van der Waals surface area contributed by atoms with Crippen molar-refractivity contribution in [3.63, 3.8) is 0 Å². The third-order valence-corrected chi connectivity index (χ3v) is 3.62. The van der Waals surface area contributed by atoms with Gasteiger partial charge in [-0.15, -0.1) is 0 Å². The number of rotatable bonds is 3. The van der Waals surface area contributed by atoms with E-state index in [-0.39, 0.29) is 24.3 Å². The van der Waals surface area contributed by atoms with Crippen LogP contribution in [0.3, 0.4) is 0 Å². The van der Waals surface area contributed by atoms with E-state index >= 15 is 0 Å². The first kappa shape index (κ1) is 13.8. The highest BCUT2D eigenvalue weighted by Crippen LogP contribution is 2.32. The number of anilines is 1. The van der Waals surface area contributed by atoms with Gasteiger partial charge in [-0.05, 0) is 24.0 Å². The summed E-state index contributed by atoms with van der Waals surface area (Å²) in [6.07, 6.45) is 0.270. The molecule has 0 aromatic heterocycles. The molecule has 0 saturated carbocycles. The minimum atomic E-state index is -0.426. The monoisotopic (exact) mass is 266 g/mol. The van der Waals surface area contributed by atoms with Gasteiger partial charge in [-0.3, -0.25) is 10.1 Å². The molecule has 0 aliphatic carbocycles. The van der Waals surface area contributed by atoms with Crippen molar-refractivity contribution in [3.05, 3.63) is 33.9 Å². The maximum Gasteiger partial charge on any atom is 0.292 e. The lowest BCUT2D eigenvalue weighted by Gasteiger charge is -2.35. The zero-order valence-corrected chi connectivity index (χ0v) is 10.8. The maximum atomic E-state index is 11.1. The number of nitrogens with zero attached hydrogens (tertiary/aromatic N) is 2. The van der Waals surface area contributed by atoms with Crippen LogP contribution in [0.4, 0.5) is 11.4 Å². The summed E-state index contributed by atoms with van der Waals surface area (Å²) in [5, 5.41) is 29.9. The third kappa shape index (κ3) is 2.85. The number of aliphatic hydroxyl groups is 2. The van der Waals surface area contributed by atoms with Crippen LogP contribution in [0.2, 0.25) is 0 Å². The fourth-order valence-electron chi connectivity index (χ4n) is 2.43. The van der Waals surface area contributed by atoms with Crippen LogP contribution in [0.15, 0.2) is 18.2 Å². The molecule has 6 nitrogen and oxygen atoms in total. The van der Waals surface area contributed by atoms with Gasteiger partial charge in [0.15, 0.2) is 0 Å². The van der Waals surface area contributed by atoms with Crippen molar-refractivity contribution in [2.75, 3.05) is 18.0 Å². The second-order valence-corrected chi connectivity index (χ2v) is 5.02. The summed E-state index contributed by atoms with van der Waals surface area (Å²) in [7, 11) is 0. The van der Waals surface area contributed by atoms with E-state index in [4.69, 9.17) is 5.11 Å². The van der Waals surface area contributed by atoms with Crippen molar-refractivity contribution >= 4 is 11.4 Å². The van der Waals surface area contributed by atoms with E-state index in [2.05, 4.69) is 0 Å². The van der Waals surface area contributed by atoms with E-state index in [0.29, 0.717) is 30.8 Å². The first-order valence-electron chi connectivity index (χ1n) is 6.34. The number of nitro groups is 1. The van der Waals surface area contributed by atoms with Gasteiger partial charge in [0.2, 0.25) is 0 Å². The van der Waals surface area contributed by atoms with E-state index in [1.807, 2.05) is 11.8 Å². The molecule has 6 heteroatoms. The Kier molecular flexibility index (Phi) is 4.01. The quantitative estimate of drug-likeness (QED) is 0.636. The Morgan fingerprint density at radius 3 is 2.84 bits per heavy atom. The van der Waals surface area contributed by atoms with Gasteiger partial charge in [0.25, 0.3) is 5.69 Å². The Bertz CT molecular complexity index is 478. The van der Waals surface area contributed by atoms with Crippen molar-refractivity contribution in [1.29, 1.82) is 0 Å². The highest BCUT2D eigenvalue weighted by Gasteiger charge is 2.28. The van der Waals surface area contributed by atoms with Gasteiger partial charge in [-0.25, -0.2) is 0 Å². The Morgan fingerprint density at radius 1 is 1.53 bits per heavy atom. The molecule has 19 heavy (non-hydrogen) atoms. The standard InChI is InChI=1S/C13H18N2O4/c1-9-7-14(5-4-13(9)17)11-3-2-10(8-16)6-12(11)15(18)19/h2-3,6,9,13,16-17H,4-5,7-8H2,1H3. The third-order valence-electron chi connectivity index (χ3n) is 3.62. The van der Waals surface area contributed by atoms with Gasteiger partial charge < -0.3 is 15.1 Å². The van der Waals surface area contributed by atoms with Crippen molar-refractivity contribution in [1.82, 2.24) is 0 Å². The van der Waals surface area contributed by atoms with Gasteiger partial charge in [0.05, 0.1) is 17.6 Å². The van der Waals surface area contributed by atoms with Crippen molar-refractivity contribution < 1.29 is 15.1 Å². The summed E-state index contributed by atoms with van der Waals surface area (Å²) in [4.78, 5) is 12.6. The largest absolute Gasteiger partial charge is 0.393 e. The molecule has 1 aromatic carbocycles. The molecule has 0 spiro atoms. The van der Waals surface area contributed by atoms with E-state index in [1.165, 1.54) is 6.07 Å². The fraction of sp³-hybridized carbons (Fsp3) is 0.538. The van der Waals surface area contributed by atoms with Crippen LogP contribution < -0.4 is 4.90 Å². The average Bonchev–Trinajstić information content (AvgIpc) is 2.41. The Hall–Kier alpha value is -1.66. The second kappa shape index (κ2) is 5.54. The smallest absolute Gasteiger partial charge is 0.292 e. The van der Waals surface area contributed by atoms with Crippen LogP contribution in [0.5, 0.6) is 0 Å². The lowest BCUT2D eigenvalue weighted by atomic mass is 9.96. The molecule has 1 heterocycles. The molecule has 104 valence electrons. The average molecular weight is 266 g/mol. The molecule has 1 aliphatic heterocycles. The van der Waals surface area contributed by atoms with E-state index < -0.39 is 4.92 Å².